The van der Waals surface area contributed by atoms with Gasteiger partial charge in [-0.15, -0.1) is 0 Å². The number of nitrogens with two attached hydrogens (primary N) is 1. The minimum atomic E-state index is -0.540. The van der Waals surface area contributed by atoms with Crippen LogP contribution in [0.25, 0.3) is 0 Å². The van der Waals surface area contributed by atoms with Crippen LogP contribution in [0, 0.1) is 0 Å². The number of nitrogens with zero attached hydrogens (tertiary/aromatic N) is 1. The average Bonchev–Trinajstić information content (AvgIpc) is 2.64. The number of carbonyl (C=O) groups excluding carboxylic acids is 3. The van der Waals surface area contributed by atoms with E-state index < -0.39 is 5.91 Å². The maximum absolute atomic E-state index is 12.6. The number of anilines is 2. The topological polar surface area (TPSA) is 92.5 Å². The molecule has 2 aromatic carbocycles. The highest BCUT2D eigenvalue weighted by Crippen LogP contribution is 2.39. The van der Waals surface area contributed by atoms with Crippen LogP contribution < -0.4 is 16.0 Å². The van der Waals surface area contributed by atoms with E-state index in [0.717, 1.165) is 11.3 Å². The summed E-state index contributed by atoms with van der Waals surface area (Å²) in [4.78, 5) is 37.9. The van der Waals surface area contributed by atoms with Crippen LogP contribution in [0.15, 0.2) is 48.5 Å². The fourth-order valence-electron chi connectivity index (χ4n) is 3.60. The number of hydrogen-bond acceptors (Lipinski definition) is 3. The number of fused-ring (bicyclic) bond motifs is 1. The Hall–Kier alpha value is -3.15. The monoisotopic (exact) mass is 379 g/mol. The molecule has 3 amide bonds. The van der Waals surface area contributed by atoms with Crippen molar-refractivity contribution in [2.45, 2.75) is 38.5 Å². The van der Waals surface area contributed by atoms with E-state index in [9.17, 15) is 14.4 Å². The molecule has 1 aliphatic rings. The molecule has 0 fully saturated rings. The Balaban J connectivity index is 1.60. The van der Waals surface area contributed by atoms with Gasteiger partial charge in [0.15, 0.2) is 0 Å². The molecule has 0 aromatic heterocycles. The van der Waals surface area contributed by atoms with Crippen molar-refractivity contribution in [1.82, 2.24) is 0 Å². The fourth-order valence-corrected chi connectivity index (χ4v) is 3.60. The van der Waals surface area contributed by atoms with Gasteiger partial charge in [-0.25, -0.2) is 0 Å². The van der Waals surface area contributed by atoms with E-state index in [1.54, 1.807) is 29.2 Å². The predicted octanol–water partition coefficient (Wildman–Crippen LogP) is 3.22. The Labute approximate surface area is 164 Å². The van der Waals surface area contributed by atoms with Crippen LogP contribution in [0.5, 0.6) is 0 Å². The quantitative estimate of drug-likeness (QED) is 0.807. The SMILES string of the molecule is CC1(C)CC(=O)N(CCCC(=O)Nc2cccc(C(N)=O)c2)c2ccccc21. The Morgan fingerprint density at radius 2 is 1.89 bits per heavy atom. The van der Waals surface area contributed by atoms with Gasteiger partial charge < -0.3 is 16.0 Å². The summed E-state index contributed by atoms with van der Waals surface area (Å²) in [5, 5.41) is 2.77. The van der Waals surface area contributed by atoms with Gasteiger partial charge >= 0.3 is 0 Å². The van der Waals surface area contributed by atoms with Crippen LogP contribution in [-0.2, 0) is 15.0 Å². The van der Waals surface area contributed by atoms with Gasteiger partial charge in [-0.05, 0) is 36.2 Å². The molecular formula is C22H25N3O3. The molecule has 0 radical (unpaired) electrons. The van der Waals surface area contributed by atoms with Gasteiger partial charge in [0.25, 0.3) is 0 Å². The molecule has 6 nitrogen and oxygen atoms in total. The number of hydrogen-bond donors (Lipinski definition) is 2. The Morgan fingerprint density at radius 1 is 1.14 bits per heavy atom. The van der Waals surface area contributed by atoms with E-state index in [4.69, 9.17) is 5.73 Å². The molecule has 3 rings (SSSR count). The first kappa shape index (κ1) is 19.6. The van der Waals surface area contributed by atoms with Crippen LogP contribution in [0.4, 0.5) is 11.4 Å². The van der Waals surface area contributed by atoms with Crippen LogP contribution in [0.3, 0.4) is 0 Å². The lowest BCUT2D eigenvalue weighted by molar-refractivity contribution is -0.120. The second kappa shape index (κ2) is 7.84. The highest BCUT2D eigenvalue weighted by Gasteiger charge is 2.35. The molecule has 28 heavy (non-hydrogen) atoms. The van der Waals surface area contributed by atoms with E-state index >= 15 is 0 Å². The van der Waals surface area contributed by atoms with E-state index in [1.807, 2.05) is 18.2 Å². The number of benzene rings is 2. The first-order chi connectivity index (χ1) is 13.3. The minimum absolute atomic E-state index is 0.0817. The van der Waals surface area contributed by atoms with E-state index in [0.29, 0.717) is 30.6 Å². The summed E-state index contributed by atoms with van der Waals surface area (Å²) >= 11 is 0. The first-order valence-corrected chi connectivity index (χ1v) is 9.37. The molecule has 0 atom stereocenters. The van der Waals surface area contributed by atoms with Gasteiger partial charge in [0, 0.05) is 41.7 Å². The van der Waals surface area contributed by atoms with Gasteiger partial charge in [-0.3, -0.25) is 14.4 Å². The summed E-state index contributed by atoms with van der Waals surface area (Å²) in [6, 6.07) is 14.5. The van der Waals surface area contributed by atoms with Gasteiger partial charge in [0.2, 0.25) is 17.7 Å². The van der Waals surface area contributed by atoms with Crippen molar-refractivity contribution in [3.05, 3.63) is 59.7 Å². The molecule has 1 aliphatic heterocycles. The third kappa shape index (κ3) is 4.22. The lowest BCUT2D eigenvalue weighted by Gasteiger charge is -2.38. The molecular weight excluding hydrogens is 354 g/mol. The molecule has 0 bridgehead atoms. The number of para-hydroxylation sites is 1. The third-order valence-electron chi connectivity index (χ3n) is 5.03. The summed E-state index contributed by atoms with van der Waals surface area (Å²) in [5.74, 6) is -0.626. The van der Waals surface area contributed by atoms with Crippen molar-refractivity contribution in [2.24, 2.45) is 5.73 Å². The smallest absolute Gasteiger partial charge is 0.248 e. The second-order valence-corrected chi connectivity index (χ2v) is 7.72. The normalized spacial score (nSPS) is 15.1. The van der Waals surface area contributed by atoms with Crippen LogP contribution in [0.2, 0.25) is 0 Å². The first-order valence-electron chi connectivity index (χ1n) is 9.37. The van der Waals surface area contributed by atoms with E-state index in [1.165, 1.54) is 0 Å². The van der Waals surface area contributed by atoms with Crippen LogP contribution in [-0.4, -0.2) is 24.3 Å². The number of amides is 3. The van der Waals surface area contributed by atoms with E-state index in [2.05, 4.69) is 25.2 Å². The van der Waals surface area contributed by atoms with Crippen molar-refractivity contribution in [3.63, 3.8) is 0 Å². The summed E-state index contributed by atoms with van der Waals surface area (Å²) in [7, 11) is 0. The molecule has 1 heterocycles. The maximum Gasteiger partial charge on any atom is 0.248 e. The largest absolute Gasteiger partial charge is 0.366 e. The third-order valence-corrected chi connectivity index (χ3v) is 5.03. The molecule has 0 spiro atoms. The van der Waals surface area contributed by atoms with Gasteiger partial charge in [-0.2, -0.15) is 0 Å². The zero-order valence-electron chi connectivity index (χ0n) is 16.2. The van der Waals surface area contributed by atoms with Crippen LogP contribution >= 0.6 is 0 Å². The van der Waals surface area contributed by atoms with Crippen LogP contribution in [0.1, 0.15) is 49.0 Å². The molecule has 0 saturated carbocycles. The summed E-state index contributed by atoms with van der Waals surface area (Å²) < 4.78 is 0. The van der Waals surface area contributed by atoms with Crippen molar-refractivity contribution < 1.29 is 14.4 Å². The maximum atomic E-state index is 12.6. The zero-order valence-corrected chi connectivity index (χ0v) is 16.2. The summed E-state index contributed by atoms with van der Waals surface area (Å²) in [5.41, 5.74) is 8.03. The second-order valence-electron chi connectivity index (χ2n) is 7.72. The van der Waals surface area contributed by atoms with E-state index in [-0.39, 0.29) is 23.7 Å². The Bertz CT molecular complexity index is 921. The van der Waals surface area contributed by atoms with Gasteiger partial charge in [0.05, 0.1) is 0 Å². The molecule has 2 aromatic rings. The highest BCUT2D eigenvalue weighted by atomic mass is 16.2. The minimum Gasteiger partial charge on any atom is -0.366 e. The van der Waals surface area contributed by atoms with Crippen molar-refractivity contribution in [1.29, 1.82) is 0 Å². The van der Waals surface area contributed by atoms with Crippen molar-refractivity contribution in [2.75, 3.05) is 16.8 Å². The fraction of sp³-hybridized carbons (Fsp3) is 0.318. The number of rotatable bonds is 6. The molecule has 3 N–H and O–H groups in total. The lowest BCUT2D eigenvalue weighted by atomic mass is 9.77. The molecule has 0 saturated heterocycles. The van der Waals surface area contributed by atoms with Crippen molar-refractivity contribution in [3.8, 4) is 0 Å². The van der Waals surface area contributed by atoms with Gasteiger partial charge in [0.1, 0.15) is 0 Å². The molecule has 0 aliphatic carbocycles. The lowest BCUT2D eigenvalue weighted by Crippen LogP contribution is -2.42. The molecule has 0 unspecified atom stereocenters. The Kier molecular flexibility index (Phi) is 5.49. The molecule has 6 heteroatoms. The number of nitrogens with one attached hydrogen (secondary N) is 1. The number of primary amides is 1. The summed E-state index contributed by atoms with van der Waals surface area (Å²) in [6.45, 7) is 4.64. The molecule has 146 valence electrons. The Morgan fingerprint density at radius 3 is 2.64 bits per heavy atom. The average molecular weight is 379 g/mol. The summed E-state index contributed by atoms with van der Waals surface area (Å²) in [6.07, 6.45) is 1.27. The number of carbonyl (C=O) groups is 3. The predicted molar refractivity (Wildman–Crippen MR) is 109 cm³/mol. The highest BCUT2D eigenvalue weighted by molar-refractivity contribution is 5.98. The standard InChI is InChI=1S/C22H25N3O3/c1-22(2)14-20(27)25(18-10-4-3-9-17(18)22)12-6-11-19(26)24-16-8-5-7-15(13-16)21(23)28/h3-5,7-10,13H,6,11-12,14H2,1-2H3,(H2,23,28)(H,24,26). The van der Waals surface area contributed by atoms with Gasteiger partial charge in [-0.1, -0.05) is 38.1 Å². The van der Waals surface area contributed by atoms with Crippen molar-refractivity contribution >= 4 is 29.1 Å². The zero-order chi connectivity index (χ0) is 20.3.